The first-order chi connectivity index (χ1) is 10.0. The average molecular weight is 291 g/mol. The maximum atomic E-state index is 14.2. The molecule has 0 unspecified atom stereocenters. The number of methoxy groups -OCH3 is 1. The third kappa shape index (κ3) is 3.36. The lowest BCUT2D eigenvalue weighted by Gasteiger charge is -2.13. The quantitative estimate of drug-likeness (QED) is 0.911. The molecular formula is C14H18FN5O. The molecule has 1 heterocycles. The molecule has 1 N–H and O–H groups in total. The second kappa shape index (κ2) is 6.34. The second-order valence-corrected chi connectivity index (χ2v) is 4.55. The van der Waals surface area contributed by atoms with Gasteiger partial charge in [-0.25, -0.2) is 4.39 Å². The summed E-state index contributed by atoms with van der Waals surface area (Å²) in [5.74, 6) is 1.18. The zero-order valence-electron chi connectivity index (χ0n) is 12.5. The fraction of sp³-hybridized carbons (Fsp3) is 0.357. The molecule has 0 saturated heterocycles. The minimum Gasteiger partial charge on any atom is -0.497 e. The summed E-state index contributed by atoms with van der Waals surface area (Å²) in [5.41, 5.74) is 0.306. The van der Waals surface area contributed by atoms with E-state index in [2.05, 4.69) is 20.3 Å². The van der Waals surface area contributed by atoms with Gasteiger partial charge in [-0.15, -0.1) is 0 Å². The highest BCUT2D eigenvalue weighted by Crippen LogP contribution is 2.25. The molecule has 0 bridgehead atoms. The van der Waals surface area contributed by atoms with Gasteiger partial charge in [0, 0.05) is 26.7 Å². The molecule has 1 aromatic carbocycles. The number of hydrogen-bond acceptors (Lipinski definition) is 6. The first-order valence-corrected chi connectivity index (χ1v) is 6.56. The van der Waals surface area contributed by atoms with E-state index < -0.39 is 5.82 Å². The molecule has 21 heavy (non-hydrogen) atoms. The number of hydrogen-bond donors (Lipinski definition) is 1. The lowest BCUT2D eigenvalue weighted by atomic mass is 10.2. The van der Waals surface area contributed by atoms with Crippen LogP contribution in [0, 0.1) is 5.82 Å². The normalized spacial score (nSPS) is 10.3. The van der Waals surface area contributed by atoms with Crippen molar-refractivity contribution >= 4 is 11.9 Å². The molecule has 0 atom stereocenters. The van der Waals surface area contributed by atoms with Crippen LogP contribution < -0.4 is 15.0 Å². The molecule has 112 valence electrons. The molecule has 0 spiro atoms. The molecule has 0 aliphatic rings. The summed E-state index contributed by atoms with van der Waals surface area (Å²) in [4.78, 5) is 14.5. The average Bonchev–Trinajstić information content (AvgIpc) is 2.47. The first kappa shape index (κ1) is 15.0. The van der Waals surface area contributed by atoms with Crippen LogP contribution in [0.15, 0.2) is 18.2 Å². The van der Waals surface area contributed by atoms with E-state index in [-0.39, 0.29) is 5.82 Å². The van der Waals surface area contributed by atoms with Gasteiger partial charge < -0.3 is 15.0 Å². The molecule has 7 heteroatoms. The smallest absolute Gasteiger partial charge is 0.230 e. The highest BCUT2D eigenvalue weighted by molar-refractivity contribution is 5.60. The predicted molar refractivity (Wildman–Crippen MR) is 80.3 cm³/mol. The van der Waals surface area contributed by atoms with Crippen LogP contribution in [0.25, 0.3) is 11.4 Å². The molecule has 1 aromatic heterocycles. The molecule has 0 saturated carbocycles. The van der Waals surface area contributed by atoms with E-state index >= 15 is 0 Å². The van der Waals surface area contributed by atoms with Crippen LogP contribution in [0.3, 0.4) is 0 Å². The third-order valence-electron chi connectivity index (χ3n) is 2.78. The summed E-state index contributed by atoms with van der Waals surface area (Å²) in [6, 6.07) is 4.57. The van der Waals surface area contributed by atoms with Crippen molar-refractivity contribution in [1.29, 1.82) is 0 Å². The number of nitrogens with one attached hydrogen (secondary N) is 1. The number of anilines is 2. The minimum atomic E-state index is -0.437. The summed E-state index contributed by atoms with van der Waals surface area (Å²) in [7, 11) is 5.13. The van der Waals surface area contributed by atoms with Gasteiger partial charge >= 0.3 is 0 Å². The Morgan fingerprint density at radius 1 is 1.24 bits per heavy atom. The van der Waals surface area contributed by atoms with E-state index in [9.17, 15) is 4.39 Å². The molecule has 0 amide bonds. The number of nitrogens with zero attached hydrogens (tertiary/aromatic N) is 4. The zero-order chi connectivity index (χ0) is 15.4. The van der Waals surface area contributed by atoms with Crippen LogP contribution >= 0.6 is 0 Å². The van der Waals surface area contributed by atoms with Gasteiger partial charge in [-0.1, -0.05) is 0 Å². The van der Waals surface area contributed by atoms with Crippen molar-refractivity contribution in [2.45, 2.75) is 6.92 Å². The van der Waals surface area contributed by atoms with Crippen LogP contribution in [-0.4, -0.2) is 42.7 Å². The predicted octanol–water partition coefficient (Wildman–Crippen LogP) is 2.18. The van der Waals surface area contributed by atoms with Gasteiger partial charge in [0.25, 0.3) is 0 Å². The van der Waals surface area contributed by atoms with Crippen LogP contribution in [0.5, 0.6) is 5.75 Å². The Hall–Kier alpha value is -2.44. The Kier molecular flexibility index (Phi) is 4.52. The van der Waals surface area contributed by atoms with E-state index in [1.54, 1.807) is 17.0 Å². The molecule has 0 radical (unpaired) electrons. The number of benzene rings is 1. The molecule has 0 fully saturated rings. The summed E-state index contributed by atoms with van der Waals surface area (Å²) in [5, 5.41) is 3.02. The Labute approximate surface area is 123 Å². The van der Waals surface area contributed by atoms with E-state index in [0.717, 1.165) is 0 Å². The van der Waals surface area contributed by atoms with E-state index in [0.29, 0.717) is 29.8 Å². The Bertz CT molecular complexity index is 633. The highest BCUT2D eigenvalue weighted by atomic mass is 19.1. The lowest BCUT2D eigenvalue weighted by molar-refractivity contribution is 0.411. The van der Waals surface area contributed by atoms with Crippen molar-refractivity contribution in [2.75, 3.05) is 38.0 Å². The van der Waals surface area contributed by atoms with E-state index in [4.69, 9.17) is 4.74 Å². The minimum absolute atomic E-state index is 0.282. The van der Waals surface area contributed by atoms with Crippen molar-refractivity contribution in [3.63, 3.8) is 0 Å². The van der Waals surface area contributed by atoms with Gasteiger partial charge in [-0.2, -0.15) is 15.0 Å². The molecular weight excluding hydrogens is 273 g/mol. The monoisotopic (exact) mass is 291 g/mol. The molecule has 0 aliphatic carbocycles. The van der Waals surface area contributed by atoms with Gasteiger partial charge in [-0.3, -0.25) is 0 Å². The molecule has 2 rings (SSSR count). The fourth-order valence-corrected chi connectivity index (χ4v) is 1.73. The van der Waals surface area contributed by atoms with Crippen molar-refractivity contribution in [3.8, 4) is 17.1 Å². The second-order valence-electron chi connectivity index (χ2n) is 4.55. The number of halogens is 1. The molecule has 0 aliphatic heterocycles. The Balaban J connectivity index is 2.51. The van der Waals surface area contributed by atoms with Crippen LogP contribution in [0.1, 0.15) is 6.92 Å². The van der Waals surface area contributed by atoms with Crippen LogP contribution in [-0.2, 0) is 0 Å². The first-order valence-electron chi connectivity index (χ1n) is 6.56. The SMILES string of the molecule is CCNc1nc(-c2ccc(OC)cc2F)nc(N(C)C)n1. The maximum Gasteiger partial charge on any atom is 0.230 e. The fourth-order valence-electron chi connectivity index (χ4n) is 1.73. The number of aromatic nitrogens is 3. The van der Waals surface area contributed by atoms with Gasteiger partial charge in [-0.05, 0) is 19.1 Å². The van der Waals surface area contributed by atoms with Gasteiger partial charge in [0.1, 0.15) is 11.6 Å². The lowest BCUT2D eigenvalue weighted by Crippen LogP contribution is -2.16. The summed E-state index contributed by atoms with van der Waals surface area (Å²) in [6.07, 6.45) is 0. The Morgan fingerprint density at radius 2 is 2.00 bits per heavy atom. The van der Waals surface area contributed by atoms with Crippen molar-refractivity contribution in [2.24, 2.45) is 0 Å². The van der Waals surface area contributed by atoms with Crippen molar-refractivity contribution < 1.29 is 9.13 Å². The number of rotatable bonds is 5. The van der Waals surface area contributed by atoms with Crippen LogP contribution in [0.4, 0.5) is 16.3 Å². The molecule has 6 nitrogen and oxygen atoms in total. The largest absolute Gasteiger partial charge is 0.497 e. The number of ether oxygens (including phenoxy) is 1. The third-order valence-corrected chi connectivity index (χ3v) is 2.78. The summed E-state index contributed by atoms with van der Waals surface area (Å²) in [6.45, 7) is 2.61. The topological polar surface area (TPSA) is 63.2 Å². The maximum absolute atomic E-state index is 14.2. The highest BCUT2D eigenvalue weighted by Gasteiger charge is 2.13. The van der Waals surface area contributed by atoms with Gasteiger partial charge in [0.2, 0.25) is 11.9 Å². The van der Waals surface area contributed by atoms with Crippen molar-refractivity contribution in [1.82, 2.24) is 15.0 Å². The van der Waals surface area contributed by atoms with E-state index in [1.807, 2.05) is 21.0 Å². The van der Waals surface area contributed by atoms with E-state index in [1.165, 1.54) is 13.2 Å². The Morgan fingerprint density at radius 3 is 2.57 bits per heavy atom. The summed E-state index contributed by atoms with van der Waals surface area (Å²) < 4.78 is 19.2. The van der Waals surface area contributed by atoms with Crippen molar-refractivity contribution in [3.05, 3.63) is 24.0 Å². The standard InChI is InChI=1S/C14H18FN5O/c1-5-16-13-17-12(18-14(19-13)20(2)3)10-7-6-9(21-4)8-11(10)15/h6-8H,5H2,1-4H3,(H,16,17,18,19). The zero-order valence-corrected chi connectivity index (χ0v) is 12.5. The van der Waals surface area contributed by atoms with Gasteiger partial charge in [0.05, 0.1) is 12.7 Å². The molecule has 2 aromatic rings. The van der Waals surface area contributed by atoms with Crippen LogP contribution in [0.2, 0.25) is 0 Å². The summed E-state index contributed by atoms with van der Waals surface area (Å²) >= 11 is 0. The van der Waals surface area contributed by atoms with Gasteiger partial charge in [0.15, 0.2) is 5.82 Å².